The van der Waals surface area contributed by atoms with Crippen molar-refractivity contribution in [3.8, 4) is 17.3 Å². The lowest BCUT2D eigenvalue weighted by Crippen LogP contribution is -2.58. The van der Waals surface area contributed by atoms with E-state index in [9.17, 15) is 19.2 Å². The molecule has 0 radical (unpaired) electrons. The molecular weight excluding hydrogens is 671 g/mol. The summed E-state index contributed by atoms with van der Waals surface area (Å²) in [5.41, 5.74) is 5.16. The van der Waals surface area contributed by atoms with Gasteiger partial charge in [-0.05, 0) is 31.9 Å². The molecule has 9 nitrogen and oxygen atoms in total. The molecular formula is C33H32Cl3F2N7O2. The maximum absolute atomic E-state index is 15.0. The molecule has 2 aliphatic heterocycles. The summed E-state index contributed by atoms with van der Waals surface area (Å²) in [6.45, 7) is 13.6. The first kappa shape index (κ1) is 34.4. The summed E-state index contributed by atoms with van der Waals surface area (Å²) in [5.74, 6) is -3.10. The van der Waals surface area contributed by atoms with Crippen LogP contribution in [-0.4, -0.2) is 51.2 Å². The van der Waals surface area contributed by atoms with E-state index in [-0.39, 0.29) is 76.1 Å². The number of aliphatic imine (C=N–C) groups is 1. The van der Waals surface area contributed by atoms with Gasteiger partial charge < -0.3 is 15.5 Å². The Kier molecular flexibility index (Phi) is 9.43. The minimum absolute atomic E-state index is 0.0695. The number of nitrogen functional groups attached to an aromatic ring is 1. The zero-order valence-corrected chi connectivity index (χ0v) is 28.6. The van der Waals surface area contributed by atoms with Crippen molar-refractivity contribution in [3.63, 3.8) is 0 Å². The van der Waals surface area contributed by atoms with Crippen molar-refractivity contribution >= 4 is 68.8 Å². The van der Waals surface area contributed by atoms with Crippen molar-refractivity contribution in [2.45, 2.75) is 52.7 Å². The molecule has 47 heavy (non-hydrogen) atoms. The van der Waals surface area contributed by atoms with Crippen molar-refractivity contribution < 1.29 is 13.6 Å². The van der Waals surface area contributed by atoms with Crippen molar-refractivity contribution in [3.05, 3.63) is 73.6 Å². The van der Waals surface area contributed by atoms with Crippen molar-refractivity contribution in [1.82, 2.24) is 14.5 Å². The number of allylic oxidation sites excluding steroid dienone is 1. The Hall–Kier alpha value is -3.98. The minimum atomic E-state index is -1.25. The first-order valence-corrected chi connectivity index (χ1v) is 16.0. The lowest BCUT2D eigenvalue weighted by molar-refractivity contribution is -0.130. The monoisotopic (exact) mass is 701 g/mol. The highest BCUT2D eigenvalue weighted by Crippen LogP contribution is 2.45. The van der Waals surface area contributed by atoms with Crippen LogP contribution in [0.4, 0.5) is 20.2 Å². The fraction of sp³-hybridized carbons (Fsp3) is 0.364. The van der Waals surface area contributed by atoms with Crippen LogP contribution in [0.3, 0.4) is 0 Å². The third-order valence-corrected chi connectivity index (χ3v) is 9.68. The van der Waals surface area contributed by atoms with Crippen molar-refractivity contribution in [2.24, 2.45) is 16.8 Å². The molecule has 1 aromatic carbocycles. The highest BCUT2D eigenvalue weighted by atomic mass is 35.5. The fourth-order valence-electron chi connectivity index (χ4n) is 6.65. The minimum Gasteiger partial charge on any atom is -0.396 e. The highest BCUT2D eigenvalue weighted by Gasteiger charge is 2.37. The molecule has 1 unspecified atom stereocenters. The number of fused-ring (bicyclic) bond motifs is 1. The first-order chi connectivity index (χ1) is 22.2. The van der Waals surface area contributed by atoms with Gasteiger partial charge in [-0.3, -0.25) is 19.1 Å². The van der Waals surface area contributed by atoms with Crippen LogP contribution in [-0.2, 0) is 4.79 Å². The molecule has 5 rings (SSSR count). The Labute approximate surface area is 285 Å². The third-order valence-electron chi connectivity index (χ3n) is 8.71. The molecule has 2 N–H and O–H groups in total. The number of carbonyl (C=O) groups excluding carboxylic acids is 1. The molecule has 0 aliphatic carbocycles. The molecule has 0 spiro atoms. The summed E-state index contributed by atoms with van der Waals surface area (Å²) in [7, 11) is 0. The van der Waals surface area contributed by atoms with Gasteiger partial charge in [0.15, 0.2) is 11.6 Å². The van der Waals surface area contributed by atoms with Crippen LogP contribution in [0, 0.1) is 34.8 Å². The number of nitrogens with two attached hydrogens (primary N) is 1. The standard InChI is InChI=1S/C33H32Cl3F2N7O2/c1-7-21(46)44-16(5)12-43(13-17(44)6)31-18-10-20(34)29(22-23(35)25(37)24(36)26(38)27(22)40)42-32(18)45(33(47)19(31)11-39)30-15(4)8-9-41-28(30)14(2)3/h7-10,14-17,30H,1,12-13,40H2,2-6H3/t15-,16-,17+,30?/m1/s1. The fourth-order valence-corrected chi connectivity index (χ4v) is 7.43. The zero-order valence-electron chi connectivity index (χ0n) is 26.3. The predicted molar refractivity (Wildman–Crippen MR) is 183 cm³/mol. The first-order valence-electron chi connectivity index (χ1n) is 14.9. The lowest BCUT2D eigenvalue weighted by atomic mass is 9.88. The van der Waals surface area contributed by atoms with E-state index in [1.165, 1.54) is 16.7 Å². The molecule has 4 atom stereocenters. The number of amides is 1. The van der Waals surface area contributed by atoms with Gasteiger partial charge in [0.25, 0.3) is 5.56 Å². The maximum atomic E-state index is 15.0. The predicted octanol–water partition coefficient (Wildman–Crippen LogP) is 7.17. The molecule has 3 aromatic rings. The number of anilines is 2. The molecule has 1 amide bonds. The Morgan fingerprint density at radius 2 is 1.79 bits per heavy atom. The van der Waals surface area contributed by atoms with Crippen molar-refractivity contribution in [2.75, 3.05) is 23.7 Å². The van der Waals surface area contributed by atoms with E-state index in [2.05, 4.69) is 17.6 Å². The molecule has 0 bridgehead atoms. The number of hydrogen-bond acceptors (Lipinski definition) is 7. The van der Waals surface area contributed by atoms with Gasteiger partial charge in [0, 0.05) is 54.0 Å². The number of halogens is 5. The summed E-state index contributed by atoms with van der Waals surface area (Å²) in [6, 6.07) is 2.28. The number of pyridine rings is 2. The van der Waals surface area contributed by atoms with Crippen LogP contribution in [0.25, 0.3) is 22.3 Å². The van der Waals surface area contributed by atoms with E-state index in [1.807, 2.05) is 45.6 Å². The number of nitrogens with zero attached hydrogens (tertiary/aromatic N) is 6. The average molecular weight is 703 g/mol. The normalized spacial score (nSPS) is 21.3. The van der Waals surface area contributed by atoms with E-state index in [0.717, 1.165) is 0 Å². The number of aromatic nitrogens is 2. The zero-order chi connectivity index (χ0) is 34.6. The van der Waals surface area contributed by atoms with Crippen LogP contribution >= 0.6 is 34.8 Å². The number of carbonyl (C=O) groups is 1. The summed E-state index contributed by atoms with van der Waals surface area (Å²) in [6.07, 6.45) is 4.76. The molecule has 1 fully saturated rings. The van der Waals surface area contributed by atoms with E-state index in [0.29, 0.717) is 11.1 Å². The third kappa shape index (κ3) is 5.56. The molecule has 2 aromatic heterocycles. The topological polar surface area (TPSA) is 121 Å². The van der Waals surface area contributed by atoms with Crippen LogP contribution < -0.4 is 16.2 Å². The van der Waals surface area contributed by atoms with Gasteiger partial charge in [0.2, 0.25) is 5.91 Å². The van der Waals surface area contributed by atoms with E-state index in [4.69, 9.17) is 45.5 Å². The van der Waals surface area contributed by atoms with Gasteiger partial charge in [-0.25, -0.2) is 13.8 Å². The van der Waals surface area contributed by atoms with Crippen LogP contribution in [0.1, 0.15) is 46.2 Å². The summed E-state index contributed by atoms with van der Waals surface area (Å²) in [4.78, 5) is 40.2. The number of nitriles is 1. The molecule has 0 saturated carbocycles. The number of benzene rings is 1. The second-order valence-corrected chi connectivity index (χ2v) is 13.3. The molecule has 1 saturated heterocycles. The van der Waals surface area contributed by atoms with Gasteiger partial charge in [0.1, 0.15) is 22.3 Å². The SMILES string of the molecule is C=CC(=O)N1[C@H](C)CN(c2c(C#N)c(=O)n(C3C(C(C)C)=NC=C[C@H]3C)c3nc(-c4c(N)c(F)c(Cl)c(F)c4Cl)c(Cl)cc23)C[C@@H]1C. The number of rotatable bonds is 5. The molecule has 14 heteroatoms. The van der Waals surface area contributed by atoms with Crippen LogP contribution in [0.2, 0.25) is 15.1 Å². The quantitative estimate of drug-likeness (QED) is 0.130. The van der Waals surface area contributed by atoms with E-state index in [1.54, 1.807) is 11.1 Å². The molecule has 246 valence electrons. The maximum Gasteiger partial charge on any atom is 0.272 e. The van der Waals surface area contributed by atoms with Gasteiger partial charge >= 0.3 is 0 Å². The Morgan fingerprint density at radius 1 is 1.15 bits per heavy atom. The van der Waals surface area contributed by atoms with Crippen molar-refractivity contribution in [1.29, 1.82) is 5.26 Å². The summed E-state index contributed by atoms with van der Waals surface area (Å²) < 4.78 is 31.4. The summed E-state index contributed by atoms with van der Waals surface area (Å²) in [5, 5.41) is 9.27. The Balaban J connectivity index is 1.91. The van der Waals surface area contributed by atoms with E-state index < -0.39 is 39.0 Å². The number of piperazine rings is 1. The second kappa shape index (κ2) is 12.9. The summed E-state index contributed by atoms with van der Waals surface area (Å²) >= 11 is 18.9. The van der Waals surface area contributed by atoms with E-state index >= 15 is 4.39 Å². The largest absolute Gasteiger partial charge is 0.396 e. The lowest BCUT2D eigenvalue weighted by Gasteiger charge is -2.45. The molecule has 2 aliphatic rings. The average Bonchev–Trinajstić information content (AvgIpc) is 3.02. The Morgan fingerprint density at radius 3 is 2.36 bits per heavy atom. The molecule has 4 heterocycles. The highest BCUT2D eigenvalue weighted by molar-refractivity contribution is 6.39. The number of hydrogen-bond donors (Lipinski definition) is 1. The van der Waals surface area contributed by atoms with Crippen LogP contribution in [0.5, 0.6) is 0 Å². The van der Waals surface area contributed by atoms with Gasteiger partial charge in [-0.2, -0.15) is 5.26 Å². The Bertz CT molecular complexity index is 1960. The van der Waals surface area contributed by atoms with Crippen LogP contribution in [0.15, 0.2) is 40.8 Å². The van der Waals surface area contributed by atoms with Gasteiger partial charge in [-0.15, -0.1) is 0 Å². The van der Waals surface area contributed by atoms with Gasteiger partial charge in [-0.1, -0.05) is 68.2 Å². The van der Waals surface area contributed by atoms with Gasteiger partial charge in [0.05, 0.1) is 33.2 Å². The smallest absolute Gasteiger partial charge is 0.272 e. The second-order valence-electron chi connectivity index (χ2n) is 12.2.